The zero-order valence-corrected chi connectivity index (χ0v) is 17.1. The normalized spacial score (nSPS) is 18.2. The van der Waals surface area contributed by atoms with Crippen LogP contribution < -0.4 is 4.90 Å². The number of ether oxygens (including phenoxy) is 1. The molecule has 0 saturated carbocycles. The topological polar surface area (TPSA) is 56.6 Å². The molecular weight excluding hydrogens is 382 g/mol. The Morgan fingerprint density at radius 2 is 2.04 bits per heavy atom. The second kappa shape index (κ2) is 7.65. The molecule has 25 heavy (non-hydrogen) atoms. The zero-order chi connectivity index (χ0) is 18.8. The van der Waals surface area contributed by atoms with Crippen LogP contribution in [0, 0.1) is 17.2 Å². The van der Waals surface area contributed by atoms with Gasteiger partial charge in [0, 0.05) is 29.8 Å². The van der Waals surface area contributed by atoms with E-state index in [2.05, 4.69) is 40.7 Å². The van der Waals surface area contributed by atoms with Gasteiger partial charge in [0.1, 0.15) is 11.7 Å². The van der Waals surface area contributed by atoms with Crippen molar-refractivity contribution in [3.05, 3.63) is 28.2 Å². The monoisotopic (exact) mass is 407 g/mol. The summed E-state index contributed by atoms with van der Waals surface area (Å²) in [5.74, 6) is 0.317. The van der Waals surface area contributed by atoms with Gasteiger partial charge in [0.25, 0.3) is 0 Å². The maximum atomic E-state index is 12.6. The highest BCUT2D eigenvalue weighted by molar-refractivity contribution is 9.10. The van der Waals surface area contributed by atoms with Gasteiger partial charge in [-0.25, -0.2) is 4.79 Å². The Hall–Kier alpha value is -1.74. The first-order valence-electron chi connectivity index (χ1n) is 8.56. The number of anilines is 1. The molecule has 0 spiro atoms. The number of hydrogen-bond donors (Lipinski definition) is 0. The van der Waals surface area contributed by atoms with Crippen molar-refractivity contribution in [3.63, 3.8) is 0 Å². The van der Waals surface area contributed by atoms with E-state index >= 15 is 0 Å². The Bertz CT molecular complexity index is 676. The lowest BCUT2D eigenvalue weighted by molar-refractivity contribution is 0.00883. The smallest absolute Gasteiger partial charge is 0.410 e. The number of amides is 1. The minimum Gasteiger partial charge on any atom is -0.444 e. The zero-order valence-electron chi connectivity index (χ0n) is 15.5. The van der Waals surface area contributed by atoms with Gasteiger partial charge in [-0.2, -0.15) is 5.26 Å². The molecule has 5 nitrogen and oxygen atoms in total. The van der Waals surface area contributed by atoms with E-state index in [1.165, 1.54) is 0 Å². The molecule has 1 aromatic rings. The molecule has 1 atom stereocenters. The van der Waals surface area contributed by atoms with Gasteiger partial charge in [-0.3, -0.25) is 0 Å². The fourth-order valence-electron chi connectivity index (χ4n) is 2.95. The van der Waals surface area contributed by atoms with Crippen LogP contribution in [0.25, 0.3) is 0 Å². The lowest BCUT2D eigenvalue weighted by atomic mass is 9.99. The maximum absolute atomic E-state index is 12.6. The fraction of sp³-hybridized carbons (Fsp3) is 0.579. The second-order valence-corrected chi connectivity index (χ2v) is 8.56. The van der Waals surface area contributed by atoms with Gasteiger partial charge in [0.05, 0.1) is 11.6 Å². The maximum Gasteiger partial charge on any atom is 0.410 e. The van der Waals surface area contributed by atoms with Crippen LogP contribution in [0.15, 0.2) is 22.7 Å². The van der Waals surface area contributed by atoms with Gasteiger partial charge in [-0.05, 0) is 60.8 Å². The van der Waals surface area contributed by atoms with Crippen LogP contribution in [-0.2, 0) is 4.74 Å². The Balaban J connectivity index is 2.17. The Morgan fingerprint density at radius 1 is 1.36 bits per heavy atom. The molecule has 0 aromatic heterocycles. The molecule has 0 radical (unpaired) electrons. The predicted octanol–water partition coefficient (Wildman–Crippen LogP) is 4.40. The number of piperazine rings is 1. The number of carbonyl (C=O) groups is 1. The number of halogens is 1. The molecule has 1 amide bonds. The van der Waals surface area contributed by atoms with Crippen LogP contribution in [0.1, 0.15) is 40.2 Å². The van der Waals surface area contributed by atoms with Crippen LogP contribution in [-0.4, -0.2) is 42.3 Å². The molecule has 2 rings (SSSR count). The van der Waals surface area contributed by atoms with Crippen molar-refractivity contribution in [2.24, 2.45) is 5.92 Å². The largest absolute Gasteiger partial charge is 0.444 e. The lowest BCUT2D eigenvalue weighted by Gasteiger charge is -2.44. The van der Waals surface area contributed by atoms with Gasteiger partial charge >= 0.3 is 6.09 Å². The van der Waals surface area contributed by atoms with Crippen LogP contribution >= 0.6 is 15.9 Å². The van der Waals surface area contributed by atoms with Crippen molar-refractivity contribution in [1.82, 2.24) is 4.90 Å². The van der Waals surface area contributed by atoms with E-state index in [1.54, 1.807) is 0 Å². The van der Waals surface area contributed by atoms with Crippen molar-refractivity contribution >= 4 is 27.7 Å². The molecule has 1 saturated heterocycles. The molecule has 136 valence electrons. The van der Waals surface area contributed by atoms with Crippen molar-refractivity contribution in [1.29, 1.82) is 5.26 Å². The molecule has 1 fully saturated rings. The van der Waals surface area contributed by atoms with E-state index in [4.69, 9.17) is 10.00 Å². The number of benzene rings is 1. The van der Waals surface area contributed by atoms with Gasteiger partial charge in [0.2, 0.25) is 0 Å². The third-order valence-corrected chi connectivity index (χ3v) is 4.91. The molecule has 0 N–H and O–H groups in total. The lowest BCUT2D eigenvalue weighted by Crippen LogP contribution is -2.58. The summed E-state index contributed by atoms with van der Waals surface area (Å²) in [6, 6.07) is 8.00. The van der Waals surface area contributed by atoms with Crippen molar-refractivity contribution in [3.8, 4) is 6.07 Å². The summed E-state index contributed by atoms with van der Waals surface area (Å²) in [4.78, 5) is 16.7. The van der Waals surface area contributed by atoms with Gasteiger partial charge in [0.15, 0.2) is 0 Å². The first kappa shape index (κ1) is 19.6. The highest BCUT2D eigenvalue weighted by Crippen LogP contribution is 2.28. The molecule has 0 aliphatic carbocycles. The summed E-state index contributed by atoms with van der Waals surface area (Å²) in [7, 11) is 0. The third-order valence-electron chi connectivity index (χ3n) is 4.25. The van der Waals surface area contributed by atoms with E-state index in [0.29, 0.717) is 18.0 Å². The summed E-state index contributed by atoms with van der Waals surface area (Å²) in [5, 5.41) is 9.07. The van der Waals surface area contributed by atoms with E-state index in [1.807, 2.05) is 43.9 Å². The number of rotatable bonds is 2. The molecule has 6 heteroatoms. The van der Waals surface area contributed by atoms with E-state index in [0.717, 1.165) is 23.2 Å². The summed E-state index contributed by atoms with van der Waals surface area (Å²) < 4.78 is 6.37. The van der Waals surface area contributed by atoms with Crippen molar-refractivity contribution < 1.29 is 9.53 Å². The molecule has 1 aromatic carbocycles. The number of nitriles is 1. The van der Waals surface area contributed by atoms with E-state index < -0.39 is 5.60 Å². The standard InChI is InChI=1S/C19H26BrN3O2/c1-13(2)17-12-22(15-7-6-14(11-21)16(20)10-15)8-9-23(17)18(24)25-19(3,4)5/h6-7,10,13,17H,8-9,12H2,1-5H3. The number of hydrogen-bond acceptors (Lipinski definition) is 4. The minimum absolute atomic E-state index is 0.0815. The molecule has 1 unspecified atom stereocenters. The van der Waals surface area contributed by atoms with E-state index in [9.17, 15) is 4.79 Å². The summed E-state index contributed by atoms with van der Waals surface area (Å²) in [6.45, 7) is 12.0. The number of carbonyl (C=O) groups excluding carboxylic acids is 1. The fourth-order valence-corrected chi connectivity index (χ4v) is 3.41. The van der Waals surface area contributed by atoms with E-state index in [-0.39, 0.29) is 12.1 Å². The Morgan fingerprint density at radius 3 is 2.56 bits per heavy atom. The summed E-state index contributed by atoms with van der Waals surface area (Å²) in [6.07, 6.45) is -0.244. The summed E-state index contributed by atoms with van der Waals surface area (Å²) in [5.41, 5.74) is 1.19. The highest BCUT2D eigenvalue weighted by Gasteiger charge is 2.35. The predicted molar refractivity (Wildman–Crippen MR) is 103 cm³/mol. The SMILES string of the molecule is CC(C)C1CN(c2ccc(C#N)c(Br)c2)CCN1C(=O)OC(C)(C)C. The Labute approximate surface area is 158 Å². The minimum atomic E-state index is -0.492. The van der Waals surface area contributed by atoms with Gasteiger partial charge in [-0.15, -0.1) is 0 Å². The highest BCUT2D eigenvalue weighted by atomic mass is 79.9. The van der Waals surface area contributed by atoms with Crippen LogP contribution in [0.4, 0.5) is 10.5 Å². The molecular formula is C19H26BrN3O2. The average molecular weight is 408 g/mol. The quantitative estimate of drug-likeness (QED) is 0.728. The van der Waals surface area contributed by atoms with Crippen molar-refractivity contribution in [2.75, 3.05) is 24.5 Å². The van der Waals surface area contributed by atoms with Gasteiger partial charge in [-0.1, -0.05) is 13.8 Å². The van der Waals surface area contributed by atoms with Crippen LogP contribution in [0.5, 0.6) is 0 Å². The Kier molecular flexibility index (Phi) is 5.99. The van der Waals surface area contributed by atoms with Crippen LogP contribution in [0.3, 0.4) is 0 Å². The molecule has 0 bridgehead atoms. The molecule has 1 aliphatic heterocycles. The third kappa shape index (κ3) is 4.88. The molecule has 1 aliphatic rings. The number of nitrogens with zero attached hydrogens (tertiary/aromatic N) is 3. The average Bonchev–Trinajstić information content (AvgIpc) is 2.52. The summed E-state index contributed by atoms with van der Waals surface area (Å²) >= 11 is 3.45. The first-order chi connectivity index (χ1) is 11.6. The van der Waals surface area contributed by atoms with Crippen LogP contribution in [0.2, 0.25) is 0 Å². The van der Waals surface area contributed by atoms with Gasteiger partial charge < -0.3 is 14.5 Å². The van der Waals surface area contributed by atoms with Crippen molar-refractivity contribution in [2.45, 2.75) is 46.3 Å². The molecule has 1 heterocycles. The second-order valence-electron chi connectivity index (χ2n) is 7.71. The first-order valence-corrected chi connectivity index (χ1v) is 9.36.